The van der Waals surface area contributed by atoms with Gasteiger partial charge in [0.25, 0.3) is 0 Å². The molecule has 9 heteroatoms. The minimum atomic E-state index is 0.710. The fourth-order valence-electron chi connectivity index (χ4n) is 4.47. The molecule has 8 nitrogen and oxygen atoms in total. The molecule has 2 aliphatic rings. The Balaban J connectivity index is 1.16. The molecule has 0 amide bonds. The van der Waals surface area contributed by atoms with Gasteiger partial charge in [-0.05, 0) is 45.7 Å². The molecule has 1 N–H and O–H groups in total. The van der Waals surface area contributed by atoms with Crippen LogP contribution in [-0.2, 0) is 13.1 Å². The van der Waals surface area contributed by atoms with Crippen LogP contribution in [0.25, 0.3) is 0 Å². The molecule has 0 spiro atoms. The lowest BCUT2D eigenvalue weighted by molar-refractivity contribution is 0.164. The number of aryl methyl sites for hydroxylation is 2. The number of nitrogens with one attached hydrogen (secondary N) is 1. The lowest BCUT2D eigenvalue weighted by Gasteiger charge is -2.37. The lowest BCUT2D eigenvalue weighted by Crippen LogP contribution is -2.53. The van der Waals surface area contributed by atoms with E-state index in [1.165, 1.54) is 18.5 Å². The summed E-state index contributed by atoms with van der Waals surface area (Å²) in [5.41, 5.74) is 2.24. The Kier molecular flexibility index (Phi) is 7.58. The van der Waals surface area contributed by atoms with Crippen LogP contribution in [0.3, 0.4) is 0 Å². The molecule has 0 unspecified atom stereocenters. The number of piperidine rings is 1. The number of hydrogen-bond donors (Lipinski definition) is 1. The number of aliphatic imine (C=N–C) groups is 1. The first-order chi connectivity index (χ1) is 15.1. The lowest BCUT2D eigenvalue weighted by atomic mass is 9.97. The van der Waals surface area contributed by atoms with E-state index in [0.717, 1.165) is 81.3 Å². The Bertz CT molecular complexity index is 848. The second-order valence-electron chi connectivity index (χ2n) is 8.70. The van der Waals surface area contributed by atoms with E-state index in [-0.39, 0.29) is 0 Å². The zero-order valence-corrected chi connectivity index (χ0v) is 19.8. The van der Waals surface area contributed by atoms with Crippen molar-refractivity contribution in [1.29, 1.82) is 0 Å². The van der Waals surface area contributed by atoms with Crippen molar-refractivity contribution in [1.82, 2.24) is 30.2 Å². The highest BCUT2D eigenvalue weighted by molar-refractivity contribution is 7.09. The Morgan fingerprint density at radius 2 is 1.81 bits per heavy atom. The number of nitrogens with zero attached hydrogens (tertiary/aromatic N) is 6. The molecule has 2 fully saturated rings. The molecule has 0 saturated carbocycles. The molecule has 2 aromatic heterocycles. The van der Waals surface area contributed by atoms with Crippen molar-refractivity contribution in [3.05, 3.63) is 33.6 Å². The molecule has 0 aromatic carbocycles. The second-order valence-corrected chi connectivity index (χ2v) is 9.76. The molecule has 0 atom stereocenters. The van der Waals surface area contributed by atoms with Crippen LogP contribution in [0.1, 0.15) is 35.0 Å². The molecule has 0 radical (unpaired) electrons. The highest BCUT2D eigenvalue weighted by Crippen LogP contribution is 2.19. The van der Waals surface area contributed by atoms with Crippen LogP contribution in [-0.4, -0.2) is 83.7 Å². The van der Waals surface area contributed by atoms with E-state index in [9.17, 15) is 0 Å². The van der Waals surface area contributed by atoms with Gasteiger partial charge in [-0.15, -0.1) is 11.3 Å². The monoisotopic (exact) mass is 445 g/mol. The predicted molar refractivity (Wildman–Crippen MR) is 124 cm³/mol. The summed E-state index contributed by atoms with van der Waals surface area (Å²) >= 11 is 1.75. The van der Waals surface area contributed by atoms with Crippen molar-refractivity contribution in [2.45, 2.75) is 39.8 Å². The smallest absolute Gasteiger partial charge is 0.193 e. The Morgan fingerprint density at radius 1 is 1.10 bits per heavy atom. The van der Waals surface area contributed by atoms with Crippen molar-refractivity contribution in [2.75, 3.05) is 52.9 Å². The molecular formula is C22H35N7OS. The highest BCUT2D eigenvalue weighted by atomic mass is 32.1. The summed E-state index contributed by atoms with van der Waals surface area (Å²) in [6.45, 7) is 13.2. The Hall–Kier alpha value is -1.97. The van der Waals surface area contributed by atoms with E-state index in [2.05, 4.69) is 47.5 Å². The van der Waals surface area contributed by atoms with Crippen molar-refractivity contribution in [2.24, 2.45) is 10.9 Å². The quantitative estimate of drug-likeness (QED) is 0.540. The third-order valence-electron chi connectivity index (χ3n) is 6.25. The molecule has 0 bridgehead atoms. The first-order valence-corrected chi connectivity index (χ1v) is 12.2. The van der Waals surface area contributed by atoms with Gasteiger partial charge >= 0.3 is 0 Å². The molecule has 31 heavy (non-hydrogen) atoms. The maximum Gasteiger partial charge on any atom is 0.193 e. The van der Waals surface area contributed by atoms with Gasteiger partial charge < -0.3 is 14.7 Å². The minimum Gasteiger partial charge on any atom is -0.361 e. The van der Waals surface area contributed by atoms with Crippen molar-refractivity contribution in [3.8, 4) is 0 Å². The first-order valence-electron chi connectivity index (χ1n) is 11.3. The van der Waals surface area contributed by atoms with Crippen LogP contribution in [0.5, 0.6) is 0 Å². The highest BCUT2D eigenvalue weighted by Gasteiger charge is 2.23. The molecular weight excluding hydrogens is 410 g/mol. The molecule has 0 aliphatic carbocycles. The van der Waals surface area contributed by atoms with Crippen molar-refractivity contribution >= 4 is 17.3 Å². The average molecular weight is 446 g/mol. The van der Waals surface area contributed by atoms with Gasteiger partial charge in [-0.25, -0.2) is 4.98 Å². The third-order valence-corrected chi connectivity index (χ3v) is 7.08. The van der Waals surface area contributed by atoms with Gasteiger partial charge in [-0.1, -0.05) is 5.16 Å². The summed E-state index contributed by atoms with van der Waals surface area (Å²) in [4.78, 5) is 16.5. The summed E-state index contributed by atoms with van der Waals surface area (Å²) in [5.74, 6) is 2.63. The van der Waals surface area contributed by atoms with E-state index in [0.29, 0.717) is 5.92 Å². The predicted octanol–water partition coefficient (Wildman–Crippen LogP) is 2.35. The molecule has 170 valence electrons. The molecule has 2 aromatic rings. The van der Waals surface area contributed by atoms with E-state index in [4.69, 9.17) is 4.52 Å². The number of rotatable bonds is 6. The zero-order valence-electron chi connectivity index (χ0n) is 19.0. The van der Waals surface area contributed by atoms with E-state index >= 15 is 0 Å². The van der Waals surface area contributed by atoms with E-state index < -0.39 is 0 Å². The SMILES string of the molecule is CN=C(NCC1CCN(Cc2csc(C)n2)CC1)N1CCN(Cc2cc(C)on2)CC1. The summed E-state index contributed by atoms with van der Waals surface area (Å²) < 4.78 is 5.19. The molecule has 2 aliphatic heterocycles. The number of piperazine rings is 1. The summed E-state index contributed by atoms with van der Waals surface area (Å²) in [6, 6.07) is 2.02. The normalized spacial score (nSPS) is 19.8. The van der Waals surface area contributed by atoms with Gasteiger partial charge in [0.15, 0.2) is 5.96 Å². The van der Waals surface area contributed by atoms with E-state index in [1.54, 1.807) is 11.3 Å². The Labute approximate surface area is 189 Å². The molecule has 4 rings (SSSR count). The number of thiazole rings is 1. The van der Waals surface area contributed by atoms with Crippen molar-refractivity contribution in [3.63, 3.8) is 0 Å². The maximum atomic E-state index is 5.19. The van der Waals surface area contributed by atoms with Gasteiger partial charge in [0.05, 0.1) is 16.4 Å². The van der Waals surface area contributed by atoms with Gasteiger partial charge in [-0.3, -0.25) is 14.8 Å². The van der Waals surface area contributed by atoms with Crippen LogP contribution >= 0.6 is 11.3 Å². The van der Waals surface area contributed by atoms with Crippen molar-refractivity contribution < 1.29 is 4.52 Å². The molecule has 4 heterocycles. The van der Waals surface area contributed by atoms with Gasteiger partial charge in [0, 0.05) is 64.3 Å². The number of likely N-dealkylation sites (tertiary alicyclic amines) is 1. The van der Waals surface area contributed by atoms with Crippen LogP contribution < -0.4 is 5.32 Å². The van der Waals surface area contributed by atoms with Crippen LogP contribution in [0, 0.1) is 19.8 Å². The van der Waals surface area contributed by atoms with Crippen LogP contribution in [0.2, 0.25) is 0 Å². The number of hydrogen-bond acceptors (Lipinski definition) is 7. The summed E-state index contributed by atoms with van der Waals surface area (Å²) in [5, 5.41) is 11.1. The van der Waals surface area contributed by atoms with Gasteiger partial charge in [0.1, 0.15) is 5.76 Å². The van der Waals surface area contributed by atoms with Crippen LogP contribution in [0.4, 0.5) is 0 Å². The standard InChI is InChI=1S/C22H35N7OS/c1-17-12-20(26-30-17)14-28-8-10-29(11-9-28)22(23-3)24-13-19-4-6-27(7-5-19)15-21-16-31-18(2)25-21/h12,16,19H,4-11,13-15H2,1-3H3,(H,23,24). The topological polar surface area (TPSA) is 73.0 Å². The fraction of sp³-hybridized carbons (Fsp3) is 0.682. The minimum absolute atomic E-state index is 0.710. The molecule has 2 saturated heterocycles. The maximum absolute atomic E-state index is 5.19. The largest absolute Gasteiger partial charge is 0.361 e. The summed E-state index contributed by atoms with van der Waals surface area (Å²) in [6.07, 6.45) is 2.47. The Morgan fingerprint density at radius 3 is 2.42 bits per heavy atom. The van der Waals surface area contributed by atoms with Gasteiger partial charge in [-0.2, -0.15) is 0 Å². The average Bonchev–Trinajstić information content (AvgIpc) is 3.38. The second kappa shape index (κ2) is 10.6. The zero-order chi connectivity index (χ0) is 21.6. The summed E-state index contributed by atoms with van der Waals surface area (Å²) in [7, 11) is 1.89. The van der Waals surface area contributed by atoms with Crippen LogP contribution in [0.15, 0.2) is 21.0 Å². The number of aromatic nitrogens is 2. The third kappa shape index (κ3) is 6.27. The fourth-order valence-corrected chi connectivity index (χ4v) is 5.07. The van der Waals surface area contributed by atoms with Gasteiger partial charge in [0.2, 0.25) is 0 Å². The number of guanidine groups is 1. The first kappa shape index (κ1) is 22.2. The van der Waals surface area contributed by atoms with E-state index in [1.807, 2.05) is 20.0 Å².